The molecular weight excluding hydrogens is 286 g/mol. The van der Waals surface area contributed by atoms with Gasteiger partial charge in [0.25, 0.3) is 0 Å². The molecule has 0 aliphatic carbocycles. The maximum absolute atomic E-state index is 6.00. The summed E-state index contributed by atoms with van der Waals surface area (Å²) < 4.78 is 6.00. The standard InChI is InChI=1S/C19H27N3O/c1-3-4-7-14-23-18-16-8-5-6-9-17(16)20-19(21-18)22-12-10-15(2)11-13-22/h5-6,8-9,15H,3-4,7,10-14H2,1-2H3. The summed E-state index contributed by atoms with van der Waals surface area (Å²) in [7, 11) is 0. The first-order valence-corrected chi connectivity index (χ1v) is 8.92. The van der Waals surface area contributed by atoms with Crippen molar-refractivity contribution in [1.82, 2.24) is 9.97 Å². The molecule has 0 radical (unpaired) electrons. The predicted octanol–water partition coefficient (Wildman–Crippen LogP) is 4.44. The van der Waals surface area contributed by atoms with Crippen LogP contribution < -0.4 is 9.64 Å². The molecule has 0 N–H and O–H groups in total. The van der Waals surface area contributed by atoms with Crippen LogP contribution in [0.2, 0.25) is 0 Å². The summed E-state index contributed by atoms with van der Waals surface area (Å²) in [6.45, 7) is 7.32. The van der Waals surface area contributed by atoms with Crippen LogP contribution in [0.25, 0.3) is 10.9 Å². The van der Waals surface area contributed by atoms with Crippen LogP contribution in [0, 0.1) is 5.92 Å². The van der Waals surface area contributed by atoms with E-state index >= 15 is 0 Å². The summed E-state index contributed by atoms with van der Waals surface area (Å²) in [6.07, 6.45) is 5.89. The van der Waals surface area contributed by atoms with Crippen molar-refractivity contribution in [2.45, 2.75) is 46.0 Å². The number of benzene rings is 1. The molecule has 3 rings (SSSR count). The molecule has 2 heterocycles. The number of aromatic nitrogens is 2. The molecular formula is C19H27N3O. The van der Waals surface area contributed by atoms with Gasteiger partial charge < -0.3 is 9.64 Å². The number of fused-ring (bicyclic) bond motifs is 1. The van der Waals surface area contributed by atoms with Gasteiger partial charge in [0.2, 0.25) is 11.8 Å². The van der Waals surface area contributed by atoms with E-state index in [1.54, 1.807) is 0 Å². The minimum absolute atomic E-state index is 0.728. The summed E-state index contributed by atoms with van der Waals surface area (Å²) in [6, 6.07) is 8.14. The van der Waals surface area contributed by atoms with Crippen LogP contribution in [-0.2, 0) is 0 Å². The van der Waals surface area contributed by atoms with Gasteiger partial charge in [-0.05, 0) is 37.3 Å². The van der Waals surface area contributed by atoms with E-state index in [2.05, 4.69) is 18.7 Å². The van der Waals surface area contributed by atoms with Crippen LogP contribution in [-0.4, -0.2) is 29.7 Å². The maximum Gasteiger partial charge on any atom is 0.229 e. The lowest BCUT2D eigenvalue weighted by atomic mass is 10.00. The number of rotatable bonds is 6. The highest BCUT2D eigenvalue weighted by Gasteiger charge is 2.19. The van der Waals surface area contributed by atoms with Crippen LogP contribution in [0.1, 0.15) is 46.0 Å². The highest BCUT2D eigenvalue weighted by atomic mass is 16.5. The molecule has 1 aromatic heterocycles. The Labute approximate surface area is 138 Å². The van der Waals surface area contributed by atoms with E-state index in [0.717, 1.165) is 54.8 Å². The number of hydrogen-bond acceptors (Lipinski definition) is 4. The van der Waals surface area contributed by atoms with Gasteiger partial charge in [0.05, 0.1) is 17.5 Å². The second-order valence-electron chi connectivity index (χ2n) is 6.57. The highest BCUT2D eigenvalue weighted by molar-refractivity contribution is 5.84. The Morgan fingerprint density at radius 2 is 1.91 bits per heavy atom. The molecule has 124 valence electrons. The van der Waals surface area contributed by atoms with E-state index < -0.39 is 0 Å². The Hall–Kier alpha value is -1.84. The summed E-state index contributed by atoms with van der Waals surface area (Å²) in [5, 5.41) is 1.01. The van der Waals surface area contributed by atoms with Crippen molar-refractivity contribution in [2.75, 3.05) is 24.6 Å². The lowest BCUT2D eigenvalue weighted by molar-refractivity contribution is 0.298. The molecule has 0 saturated carbocycles. The zero-order valence-corrected chi connectivity index (χ0v) is 14.3. The normalized spacial score (nSPS) is 16.0. The van der Waals surface area contributed by atoms with Crippen molar-refractivity contribution >= 4 is 16.9 Å². The van der Waals surface area contributed by atoms with Crippen molar-refractivity contribution in [1.29, 1.82) is 0 Å². The first kappa shape index (κ1) is 16.0. The summed E-state index contributed by atoms with van der Waals surface area (Å²) in [5.74, 6) is 2.36. The van der Waals surface area contributed by atoms with Crippen LogP contribution in [0.4, 0.5) is 5.95 Å². The van der Waals surface area contributed by atoms with Crippen molar-refractivity contribution in [3.63, 3.8) is 0 Å². The number of hydrogen-bond donors (Lipinski definition) is 0. The first-order valence-electron chi connectivity index (χ1n) is 8.92. The van der Waals surface area contributed by atoms with E-state index in [9.17, 15) is 0 Å². The van der Waals surface area contributed by atoms with Gasteiger partial charge in [-0.3, -0.25) is 0 Å². The lowest BCUT2D eigenvalue weighted by Crippen LogP contribution is -2.34. The average molecular weight is 313 g/mol. The van der Waals surface area contributed by atoms with Gasteiger partial charge >= 0.3 is 0 Å². The number of piperidine rings is 1. The molecule has 0 unspecified atom stereocenters. The van der Waals surface area contributed by atoms with Crippen LogP contribution in [0.15, 0.2) is 24.3 Å². The van der Waals surface area contributed by atoms with Crippen LogP contribution >= 0.6 is 0 Å². The Kier molecular flexibility index (Phi) is 5.31. The van der Waals surface area contributed by atoms with Gasteiger partial charge in [0, 0.05) is 13.1 Å². The van der Waals surface area contributed by atoms with E-state index in [0.29, 0.717) is 0 Å². The Morgan fingerprint density at radius 1 is 1.13 bits per heavy atom. The number of para-hydroxylation sites is 1. The van der Waals surface area contributed by atoms with E-state index in [-0.39, 0.29) is 0 Å². The topological polar surface area (TPSA) is 38.2 Å². The largest absolute Gasteiger partial charge is 0.477 e. The molecule has 0 bridgehead atoms. The summed E-state index contributed by atoms with van der Waals surface area (Å²) in [4.78, 5) is 11.8. The third kappa shape index (κ3) is 3.92. The number of anilines is 1. The van der Waals surface area contributed by atoms with Crippen LogP contribution in [0.3, 0.4) is 0 Å². The smallest absolute Gasteiger partial charge is 0.229 e. The van der Waals surface area contributed by atoms with E-state index in [4.69, 9.17) is 14.7 Å². The van der Waals surface area contributed by atoms with Crippen molar-refractivity contribution in [3.8, 4) is 5.88 Å². The molecule has 1 fully saturated rings. The van der Waals surface area contributed by atoms with Gasteiger partial charge in [-0.2, -0.15) is 4.98 Å². The van der Waals surface area contributed by atoms with E-state index in [1.165, 1.54) is 25.7 Å². The van der Waals surface area contributed by atoms with E-state index in [1.807, 2.05) is 24.3 Å². The Balaban J connectivity index is 1.84. The van der Waals surface area contributed by atoms with Crippen molar-refractivity contribution in [3.05, 3.63) is 24.3 Å². The monoisotopic (exact) mass is 313 g/mol. The molecule has 0 atom stereocenters. The molecule has 1 saturated heterocycles. The number of unbranched alkanes of at least 4 members (excludes halogenated alkanes) is 2. The SMILES string of the molecule is CCCCCOc1nc(N2CCC(C)CC2)nc2ccccc12. The zero-order chi connectivity index (χ0) is 16.1. The average Bonchev–Trinajstić information content (AvgIpc) is 2.59. The van der Waals surface area contributed by atoms with Gasteiger partial charge in [0.1, 0.15) is 0 Å². The maximum atomic E-state index is 6.00. The molecule has 23 heavy (non-hydrogen) atoms. The highest BCUT2D eigenvalue weighted by Crippen LogP contribution is 2.27. The van der Waals surface area contributed by atoms with Gasteiger partial charge in [-0.25, -0.2) is 4.98 Å². The van der Waals surface area contributed by atoms with Crippen molar-refractivity contribution in [2.24, 2.45) is 5.92 Å². The third-order valence-electron chi connectivity index (χ3n) is 4.61. The molecule has 0 spiro atoms. The molecule has 4 heteroatoms. The molecule has 1 aromatic carbocycles. The quantitative estimate of drug-likeness (QED) is 0.739. The summed E-state index contributed by atoms with van der Waals surface area (Å²) >= 11 is 0. The zero-order valence-electron chi connectivity index (χ0n) is 14.3. The van der Waals surface area contributed by atoms with Crippen LogP contribution in [0.5, 0.6) is 5.88 Å². The molecule has 4 nitrogen and oxygen atoms in total. The van der Waals surface area contributed by atoms with Gasteiger partial charge in [0.15, 0.2) is 0 Å². The minimum atomic E-state index is 0.728. The Morgan fingerprint density at radius 3 is 2.70 bits per heavy atom. The first-order chi connectivity index (χ1) is 11.3. The number of nitrogens with zero attached hydrogens (tertiary/aromatic N) is 3. The van der Waals surface area contributed by atoms with Gasteiger partial charge in [-0.1, -0.05) is 38.8 Å². The fraction of sp³-hybridized carbons (Fsp3) is 0.579. The predicted molar refractivity (Wildman–Crippen MR) is 95.2 cm³/mol. The molecule has 0 amide bonds. The second kappa shape index (κ2) is 7.62. The number of ether oxygens (including phenoxy) is 1. The molecule has 2 aromatic rings. The third-order valence-corrected chi connectivity index (χ3v) is 4.61. The molecule has 1 aliphatic rings. The van der Waals surface area contributed by atoms with Crippen molar-refractivity contribution < 1.29 is 4.74 Å². The van der Waals surface area contributed by atoms with Gasteiger partial charge in [-0.15, -0.1) is 0 Å². The Bertz CT molecular complexity index is 636. The summed E-state index contributed by atoms with van der Waals surface area (Å²) in [5.41, 5.74) is 0.974. The lowest BCUT2D eigenvalue weighted by Gasteiger charge is -2.30. The minimum Gasteiger partial charge on any atom is -0.477 e. The second-order valence-corrected chi connectivity index (χ2v) is 6.57. The fourth-order valence-electron chi connectivity index (χ4n) is 3.02. The fourth-order valence-corrected chi connectivity index (χ4v) is 3.02. The molecule has 1 aliphatic heterocycles.